The number of phenols is 1. The van der Waals surface area contributed by atoms with Crippen LogP contribution in [0.3, 0.4) is 0 Å². The Bertz CT molecular complexity index is 385. The second-order valence-electron chi connectivity index (χ2n) is 4.32. The van der Waals surface area contributed by atoms with E-state index in [0.717, 1.165) is 31.6 Å². The molecule has 0 bridgehead atoms. The van der Waals surface area contributed by atoms with Crippen LogP contribution in [0.25, 0.3) is 0 Å². The van der Waals surface area contributed by atoms with Gasteiger partial charge in [0.25, 0.3) is 0 Å². The van der Waals surface area contributed by atoms with Crippen molar-refractivity contribution in [2.24, 2.45) is 0 Å². The van der Waals surface area contributed by atoms with Gasteiger partial charge in [0.2, 0.25) is 0 Å². The predicted molar refractivity (Wildman–Crippen MR) is 77.2 cm³/mol. The highest BCUT2D eigenvalue weighted by molar-refractivity contribution is 9.10. The molecular weight excluding hydrogens is 296 g/mol. The number of ether oxygens (including phenoxy) is 1. The quantitative estimate of drug-likeness (QED) is 0.757. The molecule has 0 fully saturated rings. The van der Waals surface area contributed by atoms with Crippen molar-refractivity contribution in [1.29, 1.82) is 0 Å². The highest BCUT2D eigenvalue weighted by atomic mass is 79.9. The number of hydrogen-bond donors (Lipinski definition) is 2. The Morgan fingerprint density at radius 1 is 1.44 bits per heavy atom. The Hall–Kier alpha value is -0.780. The molecule has 0 heterocycles. The molecule has 0 saturated carbocycles. The number of rotatable bonds is 7. The van der Waals surface area contributed by atoms with Crippen LogP contribution in [-0.4, -0.2) is 44.3 Å². The highest BCUT2D eigenvalue weighted by Gasteiger charge is 2.09. The van der Waals surface area contributed by atoms with Crippen LogP contribution in [0, 0.1) is 0 Å². The smallest absolute Gasteiger partial charge is 0.172 e. The molecule has 0 spiro atoms. The second-order valence-corrected chi connectivity index (χ2v) is 5.18. The average molecular weight is 317 g/mol. The maximum absolute atomic E-state index is 9.74. The maximum Gasteiger partial charge on any atom is 0.172 e. The Labute approximate surface area is 117 Å². The molecule has 0 aliphatic heterocycles. The molecule has 2 N–H and O–H groups in total. The molecule has 102 valence electrons. The van der Waals surface area contributed by atoms with Crippen LogP contribution < -0.4 is 10.1 Å². The fraction of sp³-hybridized carbons (Fsp3) is 0.538. The number of nitrogens with one attached hydrogen (secondary N) is 1. The van der Waals surface area contributed by atoms with Gasteiger partial charge in [-0.15, -0.1) is 0 Å². The zero-order chi connectivity index (χ0) is 13.5. The third-order valence-corrected chi connectivity index (χ3v) is 3.33. The number of halogens is 1. The molecule has 1 aromatic rings. The van der Waals surface area contributed by atoms with Crippen molar-refractivity contribution in [1.82, 2.24) is 10.2 Å². The van der Waals surface area contributed by atoms with E-state index in [1.165, 1.54) is 0 Å². The van der Waals surface area contributed by atoms with Gasteiger partial charge in [-0.1, -0.05) is 0 Å². The van der Waals surface area contributed by atoms with E-state index in [1.54, 1.807) is 7.11 Å². The molecule has 0 unspecified atom stereocenters. The fourth-order valence-electron chi connectivity index (χ4n) is 1.79. The van der Waals surface area contributed by atoms with Gasteiger partial charge in [0, 0.05) is 6.54 Å². The summed E-state index contributed by atoms with van der Waals surface area (Å²) >= 11 is 3.33. The molecule has 0 aromatic heterocycles. The third-order valence-electron chi connectivity index (χ3n) is 2.73. The Balaban J connectivity index is 2.64. The van der Waals surface area contributed by atoms with Crippen LogP contribution >= 0.6 is 15.9 Å². The van der Waals surface area contributed by atoms with E-state index in [4.69, 9.17) is 4.74 Å². The Morgan fingerprint density at radius 3 is 2.78 bits per heavy atom. The molecule has 5 heteroatoms. The van der Waals surface area contributed by atoms with Gasteiger partial charge in [-0.3, -0.25) is 0 Å². The molecule has 1 rings (SSSR count). The van der Waals surface area contributed by atoms with Gasteiger partial charge < -0.3 is 20.1 Å². The minimum Gasteiger partial charge on any atom is -0.503 e. The van der Waals surface area contributed by atoms with Gasteiger partial charge in [-0.25, -0.2) is 0 Å². The molecule has 0 saturated heterocycles. The number of methoxy groups -OCH3 is 1. The molecule has 18 heavy (non-hydrogen) atoms. The van der Waals surface area contributed by atoms with E-state index in [-0.39, 0.29) is 5.75 Å². The van der Waals surface area contributed by atoms with Gasteiger partial charge >= 0.3 is 0 Å². The summed E-state index contributed by atoms with van der Waals surface area (Å²) in [6.07, 6.45) is 1.11. The monoisotopic (exact) mass is 316 g/mol. The third kappa shape index (κ3) is 4.48. The molecular formula is C13H21BrN2O2. The first-order valence-corrected chi connectivity index (χ1v) is 6.76. The van der Waals surface area contributed by atoms with E-state index >= 15 is 0 Å². The second kappa shape index (κ2) is 7.61. The predicted octanol–water partition coefficient (Wildman–Crippen LogP) is 2.20. The Kier molecular flexibility index (Phi) is 6.46. The lowest BCUT2D eigenvalue weighted by Gasteiger charge is -2.17. The lowest BCUT2D eigenvalue weighted by atomic mass is 10.2. The number of aromatic hydroxyl groups is 1. The van der Waals surface area contributed by atoms with Gasteiger partial charge in [0.1, 0.15) is 0 Å². The molecule has 0 aliphatic rings. The van der Waals surface area contributed by atoms with Gasteiger partial charge in [0.15, 0.2) is 11.5 Å². The van der Waals surface area contributed by atoms with Gasteiger partial charge in [0.05, 0.1) is 11.6 Å². The fourth-order valence-corrected chi connectivity index (χ4v) is 2.28. The molecule has 0 amide bonds. The summed E-state index contributed by atoms with van der Waals surface area (Å²) in [5, 5.41) is 12.9. The largest absolute Gasteiger partial charge is 0.503 e. The van der Waals surface area contributed by atoms with Crippen LogP contribution in [0.5, 0.6) is 11.5 Å². The summed E-state index contributed by atoms with van der Waals surface area (Å²) in [4.78, 5) is 2.25. The minimum atomic E-state index is 0.152. The van der Waals surface area contributed by atoms with E-state index in [9.17, 15) is 5.11 Å². The van der Waals surface area contributed by atoms with Crippen LogP contribution in [0.15, 0.2) is 16.6 Å². The summed E-state index contributed by atoms with van der Waals surface area (Å²) in [6, 6.07) is 3.79. The lowest BCUT2D eigenvalue weighted by molar-refractivity contribution is 0.319. The summed E-state index contributed by atoms with van der Waals surface area (Å²) in [5.41, 5.74) is 1.11. The van der Waals surface area contributed by atoms with E-state index in [1.807, 2.05) is 19.2 Å². The van der Waals surface area contributed by atoms with Crippen molar-refractivity contribution in [2.45, 2.75) is 13.0 Å². The first-order valence-electron chi connectivity index (χ1n) is 5.97. The first kappa shape index (κ1) is 15.3. The summed E-state index contributed by atoms with van der Waals surface area (Å²) in [7, 11) is 5.60. The lowest BCUT2D eigenvalue weighted by Crippen LogP contribution is -2.22. The number of benzene rings is 1. The molecule has 4 nitrogen and oxygen atoms in total. The zero-order valence-corrected chi connectivity index (χ0v) is 12.7. The average Bonchev–Trinajstić information content (AvgIpc) is 2.34. The highest BCUT2D eigenvalue weighted by Crippen LogP contribution is 2.35. The van der Waals surface area contributed by atoms with Crippen LogP contribution in [-0.2, 0) is 6.54 Å². The molecule has 0 radical (unpaired) electrons. The van der Waals surface area contributed by atoms with Crippen LogP contribution in [0.4, 0.5) is 0 Å². The normalized spacial score (nSPS) is 10.9. The van der Waals surface area contributed by atoms with E-state index < -0.39 is 0 Å². The summed E-state index contributed by atoms with van der Waals surface area (Å²) in [6.45, 7) is 2.88. The molecule has 0 aliphatic carbocycles. The summed E-state index contributed by atoms with van der Waals surface area (Å²) < 4.78 is 5.81. The van der Waals surface area contributed by atoms with E-state index in [2.05, 4.69) is 33.2 Å². The van der Waals surface area contributed by atoms with Crippen LogP contribution in [0.1, 0.15) is 12.0 Å². The standard InChI is InChI=1S/C13H21BrN2O2/c1-15-5-4-6-16(2)9-10-7-11(14)13(17)12(8-10)18-3/h7-8,15,17H,4-6,9H2,1-3H3. The zero-order valence-electron chi connectivity index (χ0n) is 11.2. The van der Waals surface area contributed by atoms with Crippen molar-refractivity contribution < 1.29 is 9.84 Å². The topological polar surface area (TPSA) is 44.7 Å². The van der Waals surface area contributed by atoms with Gasteiger partial charge in [-0.05, 0) is 67.2 Å². The first-order chi connectivity index (χ1) is 8.58. The molecule has 0 atom stereocenters. The van der Waals surface area contributed by atoms with E-state index in [0.29, 0.717) is 10.2 Å². The summed E-state index contributed by atoms with van der Waals surface area (Å²) in [5.74, 6) is 0.655. The maximum atomic E-state index is 9.74. The van der Waals surface area contributed by atoms with Crippen molar-refractivity contribution in [3.63, 3.8) is 0 Å². The van der Waals surface area contributed by atoms with Crippen molar-refractivity contribution >= 4 is 15.9 Å². The SMILES string of the molecule is CNCCCN(C)Cc1cc(Br)c(O)c(OC)c1. The minimum absolute atomic E-state index is 0.152. The number of hydrogen-bond acceptors (Lipinski definition) is 4. The number of nitrogens with zero attached hydrogens (tertiary/aromatic N) is 1. The van der Waals surface area contributed by atoms with Crippen molar-refractivity contribution in [3.05, 3.63) is 22.2 Å². The van der Waals surface area contributed by atoms with Gasteiger partial charge in [-0.2, -0.15) is 0 Å². The van der Waals surface area contributed by atoms with Crippen LogP contribution in [0.2, 0.25) is 0 Å². The number of phenolic OH excluding ortho intramolecular Hbond substituents is 1. The van der Waals surface area contributed by atoms with Crippen molar-refractivity contribution in [2.75, 3.05) is 34.3 Å². The molecule has 1 aromatic carbocycles. The Morgan fingerprint density at radius 2 is 2.17 bits per heavy atom. The van der Waals surface area contributed by atoms with Crippen molar-refractivity contribution in [3.8, 4) is 11.5 Å².